The van der Waals surface area contributed by atoms with Gasteiger partial charge in [-0.3, -0.25) is 4.79 Å². The quantitative estimate of drug-likeness (QED) is 0.807. The minimum Gasteiger partial charge on any atom is -0.373 e. The fraction of sp³-hybridized carbons (Fsp3) is 0.571. The second-order valence-electron chi connectivity index (χ2n) is 4.46. The van der Waals surface area contributed by atoms with Crippen molar-refractivity contribution in [1.29, 1.82) is 0 Å². The number of amides is 1. The molecule has 0 fully saturated rings. The molecule has 0 aliphatic rings. The summed E-state index contributed by atoms with van der Waals surface area (Å²) < 4.78 is 0.133. The third kappa shape index (κ3) is 4.13. The Labute approximate surface area is 119 Å². The number of carbonyl (C=O) groups excluding carboxylic acids is 1. The molecule has 1 heterocycles. The van der Waals surface area contributed by atoms with Gasteiger partial charge in [-0.1, -0.05) is 13.8 Å². The molecule has 4 nitrogen and oxygen atoms in total. The second kappa shape index (κ2) is 7.38. The van der Waals surface area contributed by atoms with Gasteiger partial charge >= 0.3 is 0 Å². The van der Waals surface area contributed by atoms with Gasteiger partial charge in [-0.25, -0.2) is 4.98 Å². The van der Waals surface area contributed by atoms with Crippen LogP contribution >= 0.6 is 11.8 Å². The van der Waals surface area contributed by atoms with Crippen LogP contribution in [-0.4, -0.2) is 35.5 Å². The summed E-state index contributed by atoms with van der Waals surface area (Å²) in [6.07, 6.45) is 5.78. The van der Waals surface area contributed by atoms with Crippen molar-refractivity contribution in [1.82, 2.24) is 10.3 Å². The molecule has 1 rings (SSSR count). The molecule has 5 heteroatoms. The third-order valence-corrected chi connectivity index (χ3v) is 5.16. The van der Waals surface area contributed by atoms with Crippen LogP contribution in [-0.2, 0) is 0 Å². The van der Waals surface area contributed by atoms with Crippen LogP contribution in [0.2, 0.25) is 0 Å². The Morgan fingerprint density at radius 2 is 2.05 bits per heavy atom. The Kier molecular flexibility index (Phi) is 6.15. The number of aromatic nitrogens is 1. The van der Waals surface area contributed by atoms with Gasteiger partial charge in [-0.15, -0.1) is 0 Å². The molecule has 0 bridgehead atoms. The molecule has 0 saturated carbocycles. The monoisotopic (exact) mass is 281 g/mol. The first-order chi connectivity index (χ1) is 9.10. The molecule has 0 spiro atoms. The number of hydrogen-bond donors (Lipinski definition) is 2. The summed E-state index contributed by atoms with van der Waals surface area (Å²) in [5, 5.41) is 5.94. The highest BCUT2D eigenvalue weighted by Crippen LogP contribution is 2.29. The van der Waals surface area contributed by atoms with E-state index in [2.05, 4.69) is 35.7 Å². The lowest BCUT2D eigenvalue weighted by molar-refractivity contribution is 0.0948. The molecule has 1 amide bonds. The van der Waals surface area contributed by atoms with Gasteiger partial charge in [0.1, 0.15) is 5.82 Å². The maximum atomic E-state index is 12.1. The number of hydrogen-bond acceptors (Lipinski definition) is 4. The lowest BCUT2D eigenvalue weighted by atomic mass is 10.0. The average molecular weight is 281 g/mol. The van der Waals surface area contributed by atoms with Crippen LogP contribution in [0.1, 0.15) is 37.0 Å². The predicted molar refractivity (Wildman–Crippen MR) is 82.9 cm³/mol. The van der Waals surface area contributed by atoms with Crippen LogP contribution in [0.25, 0.3) is 0 Å². The Morgan fingerprint density at radius 1 is 1.37 bits per heavy atom. The van der Waals surface area contributed by atoms with E-state index in [9.17, 15) is 4.79 Å². The molecule has 1 aromatic heterocycles. The van der Waals surface area contributed by atoms with Crippen molar-refractivity contribution in [3.8, 4) is 0 Å². The zero-order valence-electron chi connectivity index (χ0n) is 12.1. The highest BCUT2D eigenvalue weighted by Gasteiger charge is 2.25. The smallest absolute Gasteiger partial charge is 0.252 e. The van der Waals surface area contributed by atoms with Gasteiger partial charge < -0.3 is 10.6 Å². The second-order valence-corrected chi connectivity index (χ2v) is 5.73. The molecule has 0 atom stereocenters. The SMILES string of the molecule is CCC(CC)(CNC(=O)c1ccc(NC)nc1)SC. The van der Waals surface area contributed by atoms with Crippen molar-refractivity contribution in [2.75, 3.05) is 25.2 Å². The largest absolute Gasteiger partial charge is 0.373 e. The van der Waals surface area contributed by atoms with Crippen LogP contribution in [0.15, 0.2) is 18.3 Å². The number of nitrogens with one attached hydrogen (secondary N) is 2. The molecule has 0 aromatic carbocycles. The normalized spacial score (nSPS) is 11.2. The van der Waals surface area contributed by atoms with Gasteiger partial charge in [0.15, 0.2) is 0 Å². The van der Waals surface area contributed by atoms with Crippen LogP contribution in [0.4, 0.5) is 5.82 Å². The molecular weight excluding hydrogens is 258 g/mol. The van der Waals surface area contributed by atoms with Gasteiger partial charge in [0.25, 0.3) is 5.91 Å². The minimum absolute atomic E-state index is 0.0597. The van der Waals surface area contributed by atoms with Gasteiger partial charge in [0.2, 0.25) is 0 Å². The average Bonchev–Trinajstić information content (AvgIpc) is 2.49. The van der Waals surface area contributed by atoms with E-state index in [1.807, 2.05) is 11.8 Å². The van der Waals surface area contributed by atoms with Gasteiger partial charge in [0, 0.05) is 24.5 Å². The first kappa shape index (κ1) is 15.8. The summed E-state index contributed by atoms with van der Waals surface area (Å²) >= 11 is 1.82. The van der Waals surface area contributed by atoms with Crippen LogP contribution in [0, 0.1) is 0 Å². The summed E-state index contributed by atoms with van der Waals surface area (Å²) in [7, 11) is 1.80. The number of pyridine rings is 1. The van der Waals surface area contributed by atoms with E-state index in [1.54, 1.807) is 25.4 Å². The molecule has 0 saturated heterocycles. The van der Waals surface area contributed by atoms with Gasteiger partial charge in [-0.05, 0) is 31.2 Å². The number of anilines is 1. The number of carbonyl (C=O) groups is 1. The van der Waals surface area contributed by atoms with Crippen molar-refractivity contribution < 1.29 is 4.79 Å². The Hall–Kier alpha value is -1.23. The van der Waals surface area contributed by atoms with Crippen LogP contribution in [0.3, 0.4) is 0 Å². The zero-order valence-corrected chi connectivity index (χ0v) is 12.9. The summed E-state index contributed by atoms with van der Waals surface area (Å²) in [5.74, 6) is 0.701. The molecule has 1 aromatic rings. The third-order valence-electron chi connectivity index (χ3n) is 3.57. The molecule has 106 valence electrons. The minimum atomic E-state index is -0.0597. The summed E-state index contributed by atoms with van der Waals surface area (Å²) in [4.78, 5) is 16.2. The highest BCUT2D eigenvalue weighted by atomic mass is 32.2. The van der Waals surface area contributed by atoms with E-state index in [1.165, 1.54) is 0 Å². The van der Waals surface area contributed by atoms with E-state index in [0.717, 1.165) is 18.7 Å². The van der Waals surface area contributed by atoms with Crippen molar-refractivity contribution in [3.63, 3.8) is 0 Å². The van der Waals surface area contributed by atoms with E-state index in [4.69, 9.17) is 0 Å². The zero-order chi connectivity index (χ0) is 14.3. The number of rotatable bonds is 7. The first-order valence-corrected chi connectivity index (χ1v) is 7.80. The van der Waals surface area contributed by atoms with Gasteiger partial charge in [-0.2, -0.15) is 11.8 Å². The summed E-state index contributed by atoms with van der Waals surface area (Å²) in [6.45, 7) is 5.01. The fourth-order valence-corrected chi connectivity index (χ4v) is 2.67. The number of thioether (sulfide) groups is 1. The van der Waals surface area contributed by atoms with E-state index >= 15 is 0 Å². The Balaban J connectivity index is 2.63. The van der Waals surface area contributed by atoms with E-state index < -0.39 is 0 Å². The van der Waals surface area contributed by atoms with Crippen molar-refractivity contribution in [3.05, 3.63) is 23.9 Å². The van der Waals surface area contributed by atoms with Crippen LogP contribution in [0.5, 0.6) is 0 Å². The van der Waals surface area contributed by atoms with Crippen molar-refractivity contribution in [2.24, 2.45) is 0 Å². The fourth-order valence-electron chi connectivity index (χ4n) is 1.88. The Morgan fingerprint density at radius 3 is 2.47 bits per heavy atom. The molecule has 19 heavy (non-hydrogen) atoms. The van der Waals surface area contributed by atoms with Crippen LogP contribution < -0.4 is 10.6 Å². The summed E-state index contributed by atoms with van der Waals surface area (Å²) in [5.41, 5.74) is 0.598. The van der Waals surface area contributed by atoms with E-state index in [0.29, 0.717) is 12.1 Å². The molecule has 0 aliphatic heterocycles. The topological polar surface area (TPSA) is 54.0 Å². The predicted octanol–water partition coefficient (Wildman–Crippen LogP) is 2.77. The number of nitrogens with zero attached hydrogens (tertiary/aromatic N) is 1. The lowest BCUT2D eigenvalue weighted by Gasteiger charge is -2.29. The molecule has 0 aliphatic carbocycles. The van der Waals surface area contributed by atoms with Gasteiger partial charge in [0.05, 0.1) is 5.56 Å². The first-order valence-electron chi connectivity index (χ1n) is 6.58. The van der Waals surface area contributed by atoms with Crippen molar-refractivity contribution in [2.45, 2.75) is 31.4 Å². The molecule has 0 radical (unpaired) electrons. The standard InChI is InChI=1S/C14H23N3OS/c1-5-14(6-2,19-4)10-17-13(18)11-7-8-12(15-3)16-9-11/h7-9H,5-6,10H2,1-4H3,(H,15,16)(H,17,18). The molecule has 0 unspecified atom stereocenters. The van der Waals surface area contributed by atoms with E-state index in [-0.39, 0.29) is 10.7 Å². The molecule has 2 N–H and O–H groups in total. The maximum absolute atomic E-state index is 12.1. The highest BCUT2D eigenvalue weighted by molar-refractivity contribution is 8.00. The molecular formula is C14H23N3OS. The van der Waals surface area contributed by atoms with Crippen molar-refractivity contribution >= 4 is 23.5 Å². The lowest BCUT2D eigenvalue weighted by Crippen LogP contribution is -2.39. The Bertz CT molecular complexity index is 393. The maximum Gasteiger partial charge on any atom is 0.252 e. The summed E-state index contributed by atoms with van der Waals surface area (Å²) in [6, 6.07) is 3.59.